The van der Waals surface area contributed by atoms with Crippen molar-refractivity contribution in [2.75, 3.05) is 5.73 Å². The molecule has 25 heavy (non-hydrogen) atoms. The van der Waals surface area contributed by atoms with Crippen LogP contribution in [0.25, 0.3) is 11.3 Å². The van der Waals surface area contributed by atoms with Gasteiger partial charge in [-0.3, -0.25) is 5.10 Å². The number of alkyl halides is 3. The largest absolute Gasteiger partial charge is 0.573 e. The quantitative estimate of drug-likeness (QED) is 0.653. The molecular formula is C16H12F3N5O. The van der Waals surface area contributed by atoms with E-state index in [2.05, 4.69) is 25.2 Å². The van der Waals surface area contributed by atoms with Crippen molar-refractivity contribution < 1.29 is 17.9 Å². The summed E-state index contributed by atoms with van der Waals surface area (Å²) in [5.74, 6) is -0.383. The number of rotatable bonds is 4. The lowest BCUT2D eigenvalue weighted by molar-refractivity contribution is -0.274. The lowest BCUT2D eigenvalue weighted by Gasteiger charge is -2.12. The Hall–Kier alpha value is -3.36. The van der Waals surface area contributed by atoms with Gasteiger partial charge in [0.2, 0.25) is 0 Å². The minimum atomic E-state index is -4.83. The van der Waals surface area contributed by atoms with E-state index in [1.807, 2.05) is 6.07 Å². The standard InChI is InChI=1S/C16H12F3N5O/c17-16(18,19)25-12-9-5-4-8-11(12)13-14(15(20)24-22-13)23-21-10-6-2-1-3-7-10/h1-9H,(H3,20,22,24). The van der Waals surface area contributed by atoms with Crippen LogP contribution in [-0.4, -0.2) is 16.6 Å². The molecule has 0 saturated heterocycles. The molecule has 1 aromatic heterocycles. The number of nitrogens with zero attached hydrogens (tertiary/aromatic N) is 3. The van der Waals surface area contributed by atoms with Crippen molar-refractivity contribution in [2.45, 2.75) is 6.36 Å². The average molecular weight is 347 g/mol. The van der Waals surface area contributed by atoms with Gasteiger partial charge in [-0.15, -0.1) is 18.3 Å². The minimum absolute atomic E-state index is 0.0106. The summed E-state index contributed by atoms with van der Waals surface area (Å²) in [6.45, 7) is 0. The number of hydrogen-bond donors (Lipinski definition) is 2. The van der Waals surface area contributed by atoms with Gasteiger partial charge in [0.1, 0.15) is 5.75 Å². The second-order valence-corrected chi connectivity index (χ2v) is 4.91. The van der Waals surface area contributed by atoms with E-state index in [1.54, 1.807) is 30.3 Å². The van der Waals surface area contributed by atoms with Crippen LogP contribution in [0.5, 0.6) is 5.75 Å². The minimum Gasteiger partial charge on any atom is -0.405 e. The van der Waals surface area contributed by atoms with E-state index in [0.717, 1.165) is 0 Å². The van der Waals surface area contributed by atoms with Gasteiger partial charge >= 0.3 is 6.36 Å². The smallest absolute Gasteiger partial charge is 0.405 e. The number of nitrogens with two attached hydrogens (primary N) is 1. The van der Waals surface area contributed by atoms with Gasteiger partial charge in [0.25, 0.3) is 0 Å². The lowest BCUT2D eigenvalue weighted by atomic mass is 10.1. The van der Waals surface area contributed by atoms with Gasteiger partial charge in [-0.2, -0.15) is 10.2 Å². The number of benzene rings is 2. The van der Waals surface area contributed by atoms with E-state index in [-0.39, 0.29) is 22.8 Å². The van der Waals surface area contributed by atoms with Crippen LogP contribution in [0.15, 0.2) is 64.8 Å². The van der Waals surface area contributed by atoms with E-state index in [9.17, 15) is 13.2 Å². The molecular weight excluding hydrogens is 335 g/mol. The van der Waals surface area contributed by atoms with Gasteiger partial charge in [0.05, 0.1) is 11.4 Å². The number of nitrogen functional groups attached to an aromatic ring is 1. The van der Waals surface area contributed by atoms with Crippen LogP contribution in [-0.2, 0) is 0 Å². The van der Waals surface area contributed by atoms with E-state index >= 15 is 0 Å². The monoisotopic (exact) mass is 347 g/mol. The summed E-state index contributed by atoms with van der Waals surface area (Å²) in [4.78, 5) is 0. The maximum Gasteiger partial charge on any atom is 0.573 e. The van der Waals surface area contributed by atoms with Crippen molar-refractivity contribution in [3.63, 3.8) is 0 Å². The van der Waals surface area contributed by atoms with Gasteiger partial charge in [-0.1, -0.05) is 30.3 Å². The van der Waals surface area contributed by atoms with Crippen LogP contribution in [0.1, 0.15) is 0 Å². The third-order valence-electron chi connectivity index (χ3n) is 3.17. The van der Waals surface area contributed by atoms with E-state index in [0.29, 0.717) is 5.69 Å². The number of aromatic amines is 1. The zero-order valence-corrected chi connectivity index (χ0v) is 12.7. The van der Waals surface area contributed by atoms with Crippen molar-refractivity contribution in [3.8, 4) is 17.0 Å². The first-order chi connectivity index (χ1) is 11.9. The number of azo groups is 1. The van der Waals surface area contributed by atoms with Crippen LogP contribution in [0.2, 0.25) is 0 Å². The Kier molecular flexibility index (Phi) is 4.38. The number of aromatic nitrogens is 2. The topological polar surface area (TPSA) is 88.6 Å². The van der Waals surface area contributed by atoms with Crippen molar-refractivity contribution in [1.82, 2.24) is 10.2 Å². The highest BCUT2D eigenvalue weighted by atomic mass is 19.4. The summed E-state index contributed by atoms with van der Waals surface area (Å²) in [5.41, 5.74) is 6.75. The van der Waals surface area contributed by atoms with E-state index in [4.69, 9.17) is 5.73 Å². The molecule has 0 fully saturated rings. The highest BCUT2D eigenvalue weighted by Crippen LogP contribution is 2.40. The van der Waals surface area contributed by atoms with E-state index < -0.39 is 12.1 Å². The number of nitrogens with one attached hydrogen (secondary N) is 1. The summed E-state index contributed by atoms with van der Waals surface area (Å²) in [6, 6.07) is 14.4. The van der Waals surface area contributed by atoms with Crippen molar-refractivity contribution in [3.05, 3.63) is 54.6 Å². The van der Waals surface area contributed by atoms with Crippen LogP contribution >= 0.6 is 0 Å². The Bertz CT molecular complexity index is 890. The van der Waals surface area contributed by atoms with Gasteiger partial charge in [-0.25, -0.2) is 0 Å². The molecule has 0 spiro atoms. The molecule has 0 amide bonds. The van der Waals surface area contributed by atoms with Crippen molar-refractivity contribution in [1.29, 1.82) is 0 Å². The van der Waals surface area contributed by atoms with Crippen LogP contribution in [0, 0.1) is 0 Å². The van der Waals surface area contributed by atoms with Crippen molar-refractivity contribution in [2.24, 2.45) is 10.2 Å². The maximum absolute atomic E-state index is 12.6. The van der Waals surface area contributed by atoms with E-state index in [1.165, 1.54) is 18.2 Å². The first kappa shape index (κ1) is 16.5. The second-order valence-electron chi connectivity index (χ2n) is 4.91. The molecule has 0 saturated carbocycles. The molecule has 3 N–H and O–H groups in total. The van der Waals surface area contributed by atoms with Crippen LogP contribution in [0.4, 0.5) is 30.4 Å². The number of ether oxygens (including phenoxy) is 1. The molecule has 3 rings (SSSR count). The molecule has 0 bridgehead atoms. The molecule has 0 aliphatic heterocycles. The van der Waals surface area contributed by atoms with Crippen molar-refractivity contribution >= 4 is 17.2 Å². The van der Waals surface area contributed by atoms with Gasteiger partial charge in [0.15, 0.2) is 11.5 Å². The molecule has 6 nitrogen and oxygen atoms in total. The predicted molar refractivity (Wildman–Crippen MR) is 85.7 cm³/mol. The predicted octanol–water partition coefficient (Wildman–Crippen LogP) is 4.97. The second kappa shape index (κ2) is 6.63. The summed E-state index contributed by atoms with van der Waals surface area (Å²) in [5, 5.41) is 14.4. The Morgan fingerprint density at radius 3 is 2.36 bits per heavy atom. The SMILES string of the molecule is Nc1n[nH]c(-c2ccccc2OC(F)(F)F)c1N=Nc1ccccc1. The number of hydrogen-bond acceptors (Lipinski definition) is 5. The molecule has 0 radical (unpaired) electrons. The first-order valence-corrected chi connectivity index (χ1v) is 7.10. The van der Waals surface area contributed by atoms with Gasteiger partial charge in [0, 0.05) is 5.56 Å². The molecule has 9 heteroatoms. The molecule has 1 heterocycles. The van der Waals surface area contributed by atoms with Gasteiger partial charge in [-0.05, 0) is 24.3 Å². The van der Waals surface area contributed by atoms with Crippen LogP contribution in [0.3, 0.4) is 0 Å². The normalized spacial score (nSPS) is 11.8. The third kappa shape index (κ3) is 3.94. The molecule has 2 aromatic carbocycles. The fourth-order valence-corrected chi connectivity index (χ4v) is 2.13. The molecule has 0 atom stereocenters. The molecule has 0 aliphatic carbocycles. The fourth-order valence-electron chi connectivity index (χ4n) is 2.13. The highest BCUT2D eigenvalue weighted by molar-refractivity contribution is 5.82. The summed E-state index contributed by atoms with van der Waals surface area (Å²) in [7, 11) is 0. The Morgan fingerprint density at radius 1 is 0.960 bits per heavy atom. The average Bonchev–Trinajstić information content (AvgIpc) is 2.94. The molecule has 3 aromatic rings. The molecule has 0 aliphatic rings. The fraction of sp³-hybridized carbons (Fsp3) is 0.0625. The Morgan fingerprint density at radius 2 is 1.64 bits per heavy atom. The summed E-state index contributed by atoms with van der Waals surface area (Å²) < 4.78 is 41.8. The highest BCUT2D eigenvalue weighted by Gasteiger charge is 2.32. The third-order valence-corrected chi connectivity index (χ3v) is 3.17. The number of para-hydroxylation sites is 1. The molecule has 128 valence electrons. The number of anilines is 1. The van der Waals surface area contributed by atoms with Gasteiger partial charge < -0.3 is 10.5 Å². The van der Waals surface area contributed by atoms with Crippen LogP contribution < -0.4 is 10.5 Å². The summed E-state index contributed by atoms with van der Waals surface area (Å²) in [6.07, 6.45) is -4.83. The number of halogens is 3. The lowest BCUT2D eigenvalue weighted by Crippen LogP contribution is -2.17. The zero-order valence-electron chi connectivity index (χ0n) is 12.7. The number of H-pyrrole nitrogens is 1. The summed E-state index contributed by atoms with van der Waals surface area (Å²) >= 11 is 0. The Balaban J connectivity index is 2.01. The zero-order chi connectivity index (χ0) is 17.9. The molecule has 0 unspecified atom stereocenters. The first-order valence-electron chi connectivity index (χ1n) is 7.10. The Labute approximate surface area is 140 Å². The maximum atomic E-state index is 12.6.